The van der Waals surface area contributed by atoms with Crippen molar-refractivity contribution in [2.24, 2.45) is 5.92 Å². The molecule has 1 N–H and O–H groups in total. The molecule has 2 fully saturated rings. The highest BCUT2D eigenvalue weighted by Crippen LogP contribution is 2.29. The summed E-state index contributed by atoms with van der Waals surface area (Å²) in [6.07, 6.45) is 5.97. The minimum Gasteiger partial charge on any atom is -0.370 e. The lowest BCUT2D eigenvalue weighted by Crippen LogP contribution is -2.45. The Kier molecular flexibility index (Phi) is 4.80. The number of hydrogen-bond donors (Lipinski definition) is 1. The Morgan fingerprint density at radius 1 is 1.31 bits per heavy atom. The Labute approximate surface area is 156 Å². The van der Waals surface area contributed by atoms with Gasteiger partial charge in [0.15, 0.2) is 0 Å². The molecule has 1 saturated carbocycles. The number of thiophene rings is 1. The van der Waals surface area contributed by atoms with Crippen LogP contribution in [0, 0.1) is 12.8 Å². The van der Waals surface area contributed by atoms with Crippen molar-refractivity contribution >= 4 is 22.9 Å². The van der Waals surface area contributed by atoms with Crippen LogP contribution in [0.25, 0.3) is 0 Å². The Morgan fingerprint density at radius 3 is 2.69 bits per heavy atom. The normalized spacial score (nSPS) is 18.1. The molecule has 1 aliphatic heterocycles. The molecule has 0 atom stereocenters. The van der Waals surface area contributed by atoms with Gasteiger partial charge in [0.2, 0.25) is 0 Å². The fourth-order valence-electron chi connectivity index (χ4n) is 3.42. The number of piperidine rings is 1. The van der Waals surface area contributed by atoms with Gasteiger partial charge in [0.25, 0.3) is 11.5 Å². The molecule has 0 unspecified atom stereocenters. The fourth-order valence-corrected chi connectivity index (χ4v) is 4.25. The molecule has 1 saturated heterocycles. The first-order valence-corrected chi connectivity index (χ1v) is 10.1. The SMILES string of the molecule is Cc1ccsc1C(=O)NC1CCN(c2cnn(CC3CC3)c(=O)c2)CC1. The number of nitrogens with zero attached hydrogens (tertiary/aromatic N) is 3. The van der Waals surface area contributed by atoms with E-state index in [1.54, 1.807) is 16.9 Å². The van der Waals surface area contributed by atoms with E-state index in [0.717, 1.165) is 48.6 Å². The highest BCUT2D eigenvalue weighted by molar-refractivity contribution is 7.12. The van der Waals surface area contributed by atoms with E-state index in [4.69, 9.17) is 0 Å². The topological polar surface area (TPSA) is 67.2 Å². The highest BCUT2D eigenvalue weighted by Gasteiger charge is 2.24. The minimum atomic E-state index is -0.0157. The van der Waals surface area contributed by atoms with Gasteiger partial charge in [-0.05, 0) is 55.5 Å². The van der Waals surface area contributed by atoms with Crippen LogP contribution in [-0.2, 0) is 6.54 Å². The molecular weight excluding hydrogens is 348 g/mol. The van der Waals surface area contributed by atoms with Crippen LogP contribution in [0.1, 0.15) is 40.9 Å². The van der Waals surface area contributed by atoms with Gasteiger partial charge in [-0.25, -0.2) is 4.68 Å². The number of carbonyl (C=O) groups is 1. The third-order valence-electron chi connectivity index (χ3n) is 5.25. The van der Waals surface area contributed by atoms with Gasteiger partial charge in [-0.2, -0.15) is 5.10 Å². The fraction of sp³-hybridized carbons (Fsp3) is 0.526. The second kappa shape index (κ2) is 7.23. The number of aryl methyl sites for hydroxylation is 1. The smallest absolute Gasteiger partial charge is 0.268 e. The zero-order chi connectivity index (χ0) is 18.1. The molecule has 2 aromatic heterocycles. The molecule has 26 heavy (non-hydrogen) atoms. The number of hydrogen-bond acceptors (Lipinski definition) is 5. The third-order valence-corrected chi connectivity index (χ3v) is 6.26. The first kappa shape index (κ1) is 17.3. The summed E-state index contributed by atoms with van der Waals surface area (Å²) in [6.45, 7) is 4.35. The van der Waals surface area contributed by atoms with Gasteiger partial charge < -0.3 is 10.2 Å². The van der Waals surface area contributed by atoms with Crippen molar-refractivity contribution < 1.29 is 4.79 Å². The van der Waals surface area contributed by atoms with Crippen molar-refractivity contribution in [2.75, 3.05) is 18.0 Å². The van der Waals surface area contributed by atoms with E-state index in [-0.39, 0.29) is 17.5 Å². The molecule has 2 aliphatic rings. The van der Waals surface area contributed by atoms with Crippen molar-refractivity contribution in [1.29, 1.82) is 0 Å². The number of rotatable bonds is 5. The number of aromatic nitrogens is 2. The lowest BCUT2D eigenvalue weighted by atomic mass is 10.0. The summed E-state index contributed by atoms with van der Waals surface area (Å²) in [7, 11) is 0. The van der Waals surface area contributed by atoms with Gasteiger partial charge in [0, 0.05) is 31.7 Å². The molecular formula is C19H24N4O2S. The van der Waals surface area contributed by atoms with Gasteiger partial charge in [0.1, 0.15) is 0 Å². The first-order valence-electron chi connectivity index (χ1n) is 9.27. The molecule has 0 aromatic carbocycles. The number of carbonyl (C=O) groups excluding carboxylic acids is 1. The van der Waals surface area contributed by atoms with E-state index in [9.17, 15) is 9.59 Å². The summed E-state index contributed by atoms with van der Waals surface area (Å²) >= 11 is 1.49. The number of anilines is 1. The van der Waals surface area contributed by atoms with Crippen LogP contribution in [0.4, 0.5) is 5.69 Å². The Morgan fingerprint density at radius 2 is 2.08 bits per heavy atom. The minimum absolute atomic E-state index is 0.0157. The maximum absolute atomic E-state index is 12.4. The van der Waals surface area contributed by atoms with Gasteiger partial charge in [-0.15, -0.1) is 11.3 Å². The van der Waals surface area contributed by atoms with Gasteiger partial charge >= 0.3 is 0 Å². The largest absolute Gasteiger partial charge is 0.370 e. The predicted molar refractivity (Wildman–Crippen MR) is 103 cm³/mol. The summed E-state index contributed by atoms with van der Waals surface area (Å²) in [5.41, 5.74) is 1.90. The molecule has 3 heterocycles. The second-order valence-corrected chi connectivity index (χ2v) is 8.26. The van der Waals surface area contributed by atoms with Crippen molar-refractivity contribution in [2.45, 2.75) is 45.2 Å². The Hall–Kier alpha value is -2.15. The summed E-state index contributed by atoms with van der Waals surface area (Å²) in [5.74, 6) is 0.665. The standard InChI is InChI=1S/C19H24N4O2S/c1-13-6-9-26-18(13)19(25)21-15-4-7-22(8-5-15)16-10-17(24)23(20-11-16)12-14-2-3-14/h6,9-11,14-15H,2-5,7-8,12H2,1H3,(H,21,25). The molecule has 1 aliphatic carbocycles. The van der Waals surface area contributed by atoms with Gasteiger partial charge in [0.05, 0.1) is 16.8 Å². The lowest BCUT2D eigenvalue weighted by Gasteiger charge is -2.33. The van der Waals surface area contributed by atoms with Crippen molar-refractivity contribution in [3.63, 3.8) is 0 Å². The average Bonchev–Trinajstić information content (AvgIpc) is 3.35. The van der Waals surface area contributed by atoms with Crippen LogP contribution in [0.5, 0.6) is 0 Å². The van der Waals surface area contributed by atoms with E-state index >= 15 is 0 Å². The Bertz CT molecular complexity index is 847. The molecule has 138 valence electrons. The number of nitrogens with one attached hydrogen (secondary N) is 1. The molecule has 6 nitrogen and oxygen atoms in total. The summed E-state index contributed by atoms with van der Waals surface area (Å²) in [4.78, 5) is 27.6. The first-order chi connectivity index (χ1) is 12.6. The van der Waals surface area contributed by atoms with E-state index < -0.39 is 0 Å². The zero-order valence-corrected chi connectivity index (χ0v) is 15.8. The maximum Gasteiger partial charge on any atom is 0.268 e. The quantitative estimate of drug-likeness (QED) is 0.875. The van der Waals surface area contributed by atoms with Crippen LogP contribution in [0.15, 0.2) is 28.5 Å². The Balaban J connectivity index is 1.33. The van der Waals surface area contributed by atoms with Crippen molar-refractivity contribution in [3.05, 3.63) is 44.5 Å². The van der Waals surface area contributed by atoms with Crippen LogP contribution < -0.4 is 15.8 Å². The van der Waals surface area contributed by atoms with E-state index in [1.807, 2.05) is 18.4 Å². The molecule has 2 aromatic rings. The van der Waals surface area contributed by atoms with Crippen LogP contribution in [0.2, 0.25) is 0 Å². The van der Waals surface area contributed by atoms with Gasteiger partial charge in [-0.1, -0.05) is 0 Å². The summed E-state index contributed by atoms with van der Waals surface area (Å²) in [5, 5.41) is 9.43. The van der Waals surface area contributed by atoms with Crippen molar-refractivity contribution in [1.82, 2.24) is 15.1 Å². The van der Waals surface area contributed by atoms with Crippen molar-refractivity contribution in [3.8, 4) is 0 Å². The monoisotopic (exact) mass is 372 g/mol. The zero-order valence-electron chi connectivity index (χ0n) is 15.0. The second-order valence-electron chi connectivity index (χ2n) is 7.35. The van der Waals surface area contributed by atoms with Crippen LogP contribution >= 0.6 is 11.3 Å². The molecule has 0 spiro atoms. The number of amides is 1. The van der Waals surface area contributed by atoms with E-state index in [2.05, 4.69) is 15.3 Å². The molecule has 0 radical (unpaired) electrons. The maximum atomic E-state index is 12.4. The van der Waals surface area contributed by atoms with Gasteiger partial charge in [-0.3, -0.25) is 9.59 Å². The van der Waals surface area contributed by atoms with Crippen LogP contribution in [0.3, 0.4) is 0 Å². The van der Waals surface area contributed by atoms with Crippen LogP contribution in [-0.4, -0.2) is 34.8 Å². The lowest BCUT2D eigenvalue weighted by molar-refractivity contribution is 0.0934. The molecule has 4 rings (SSSR count). The summed E-state index contributed by atoms with van der Waals surface area (Å²) in [6, 6.07) is 3.85. The molecule has 1 amide bonds. The average molecular weight is 372 g/mol. The highest BCUT2D eigenvalue weighted by atomic mass is 32.1. The predicted octanol–water partition coefficient (Wildman–Crippen LogP) is 2.42. The third kappa shape index (κ3) is 3.82. The summed E-state index contributed by atoms with van der Waals surface area (Å²) < 4.78 is 1.58. The molecule has 0 bridgehead atoms. The van der Waals surface area contributed by atoms with E-state index in [1.165, 1.54) is 24.2 Å². The van der Waals surface area contributed by atoms with E-state index in [0.29, 0.717) is 5.92 Å². The molecule has 7 heteroatoms.